The number of carbonyl (C=O) groups is 1. The van der Waals surface area contributed by atoms with Crippen molar-refractivity contribution in [2.45, 2.75) is 64.4 Å². The number of ether oxygens (including phenoxy) is 2. The predicted molar refractivity (Wildman–Crippen MR) is 91.9 cm³/mol. The second-order valence-corrected chi connectivity index (χ2v) is 6.04. The van der Waals surface area contributed by atoms with Gasteiger partial charge in [0.2, 0.25) is 0 Å². The Hall–Kier alpha value is -1.84. The summed E-state index contributed by atoms with van der Waals surface area (Å²) in [6.45, 7) is 2.13. The third-order valence-corrected chi connectivity index (χ3v) is 4.14. The van der Waals surface area contributed by atoms with Crippen LogP contribution in [-0.4, -0.2) is 24.0 Å². The minimum Gasteiger partial charge on any atom is -0.491 e. The number of hydrogen-bond donors (Lipinski definition) is 0. The topological polar surface area (TPSA) is 48.4 Å². The van der Waals surface area contributed by atoms with E-state index in [2.05, 4.69) is 11.9 Å². The van der Waals surface area contributed by atoms with Crippen molar-refractivity contribution in [2.75, 3.05) is 7.11 Å². The molecule has 0 unspecified atom stereocenters. The van der Waals surface area contributed by atoms with Gasteiger partial charge < -0.3 is 9.47 Å². The van der Waals surface area contributed by atoms with Crippen molar-refractivity contribution in [3.05, 3.63) is 24.0 Å². The SMILES string of the molecule is CCCCCC(=O)/C=C/c1cc(OC2CCCC2)c(OC)cn1. The van der Waals surface area contributed by atoms with Gasteiger partial charge in [0, 0.05) is 12.5 Å². The molecule has 1 saturated carbocycles. The van der Waals surface area contributed by atoms with E-state index in [-0.39, 0.29) is 11.9 Å². The Bertz CT molecular complexity index is 533. The number of pyridine rings is 1. The zero-order valence-electron chi connectivity index (χ0n) is 14.2. The highest BCUT2D eigenvalue weighted by atomic mass is 16.5. The molecule has 0 bridgehead atoms. The molecule has 0 N–H and O–H groups in total. The van der Waals surface area contributed by atoms with Crippen LogP contribution in [-0.2, 0) is 4.79 Å². The summed E-state index contributed by atoms with van der Waals surface area (Å²) in [7, 11) is 1.62. The Morgan fingerprint density at radius 2 is 2.09 bits per heavy atom. The van der Waals surface area contributed by atoms with Crippen LogP contribution in [0.2, 0.25) is 0 Å². The van der Waals surface area contributed by atoms with Crippen LogP contribution < -0.4 is 9.47 Å². The van der Waals surface area contributed by atoms with Crippen LogP contribution in [0.25, 0.3) is 6.08 Å². The van der Waals surface area contributed by atoms with E-state index in [0.717, 1.165) is 37.8 Å². The molecule has 0 amide bonds. The minimum atomic E-state index is 0.148. The smallest absolute Gasteiger partial charge is 0.179 e. The molecule has 126 valence electrons. The van der Waals surface area contributed by atoms with E-state index in [1.54, 1.807) is 25.5 Å². The van der Waals surface area contributed by atoms with Crippen molar-refractivity contribution in [3.8, 4) is 11.5 Å². The van der Waals surface area contributed by atoms with Gasteiger partial charge in [0.25, 0.3) is 0 Å². The molecule has 1 aliphatic carbocycles. The van der Waals surface area contributed by atoms with Gasteiger partial charge in [-0.2, -0.15) is 0 Å². The van der Waals surface area contributed by atoms with Crippen LogP contribution in [0.1, 0.15) is 64.0 Å². The third kappa shape index (κ3) is 5.70. The van der Waals surface area contributed by atoms with Gasteiger partial charge in [-0.15, -0.1) is 0 Å². The molecule has 0 spiro atoms. The second kappa shape index (κ2) is 9.33. The first-order chi connectivity index (χ1) is 11.2. The minimum absolute atomic E-state index is 0.148. The normalized spacial score (nSPS) is 15.2. The summed E-state index contributed by atoms with van der Waals surface area (Å²) in [5.41, 5.74) is 0.725. The molecule has 1 aliphatic rings. The van der Waals surface area contributed by atoms with E-state index in [9.17, 15) is 4.79 Å². The first-order valence-electron chi connectivity index (χ1n) is 8.64. The van der Waals surface area contributed by atoms with Crippen molar-refractivity contribution >= 4 is 11.9 Å². The highest BCUT2D eigenvalue weighted by Crippen LogP contribution is 2.31. The Morgan fingerprint density at radius 1 is 1.30 bits per heavy atom. The summed E-state index contributed by atoms with van der Waals surface area (Å²) < 4.78 is 11.4. The van der Waals surface area contributed by atoms with Crippen molar-refractivity contribution < 1.29 is 14.3 Å². The average Bonchev–Trinajstić information content (AvgIpc) is 3.06. The van der Waals surface area contributed by atoms with E-state index < -0.39 is 0 Å². The molecule has 2 rings (SSSR count). The fourth-order valence-electron chi connectivity index (χ4n) is 2.77. The van der Waals surface area contributed by atoms with Crippen LogP contribution >= 0.6 is 0 Å². The molecule has 23 heavy (non-hydrogen) atoms. The summed E-state index contributed by atoms with van der Waals surface area (Å²) in [5, 5.41) is 0. The van der Waals surface area contributed by atoms with Gasteiger partial charge >= 0.3 is 0 Å². The van der Waals surface area contributed by atoms with Gasteiger partial charge in [-0.05, 0) is 44.3 Å². The van der Waals surface area contributed by atoms with E-state index in [1.165, 1.54) is 12.8 Å². The van der Waals surface area contributed by atoms with Gasteiger partial charge in [-0.25, -0.2) is 0 Å². The fourth-order valence-corrected chi connectivity index (χ4v) is 2.77. The quantitative estimate of drug-likeness (QED) is 0.494. The predicted octanol–water partition coefficient (Wildman–Crippen LogP) is 4.57. The van der Waals surface area contributed by atoms with E-state index in [1.807, 2.05) is 6.07 Å². The van der Waals surface area contributed by atoms with Crippen LogP contribution in [0.4, 0.5) is 0 Å². The lowest BCUT2D eigenvalue weighted by Crippen LogP contribution is -2.11. The highest BCUT2D eigenvalue weighted by Gasteiger charge is 2.18. The maximum atomic E-state index is 11.8. The van der Waals surface area contributed by atoms with Crippen molar-refractivity contribution in [1.82, 2.24) is 4.98 Å². The molecule has 0 radical (unpaired) electrons. The van der Waals surface area contributed by atoms with Crippen molar-refractivity contribution in [2.24, 2.45) is 0 Å². The summed E-state index contributed by atoms with van der Waals surface area (Å²) in [6.07, 6.45) is 13.7. The zero-order valence-corrected chi connectivity index (χ0v) is 14.2. The summed E-state index contributed by atoms with van der Waals surface area (Å²) in [5.74, 6) is 1.50. The number of carbonyl (C=O) groups excluding carboxylic acids is 1. The average molecular weight is 317 g/mol. The number of methoxy groups -OCH3 is 1. The van der Waals surface area contributed by atoms with Gasteiger partial charge in [-0.3, -0.25) is 9.78 Å². The molecule has 4 heteroatoms. The summed E-state index contributed by atoms with van der Waals surface area (Å²) >= 11 is 0. The highest BCUT2D eigenvalue weighted by molar-refractivity contribution is 5.93. The summed E-state index contributed by atoms with van der Waals surface area (Å²) in [4.78, 5) is 16.1. The van der Waals surface area contributed by atoms with Crippen molar-refractivity contribution in [3.63, 3.8) is 0 Å². The van der Waals surface area contributed by atoms with Gasteiger partial charge in [0.1, 0.15) is 0 Å². The molecule has 1 aromatic heterocycles. The molecule has 0 aliphatic heterocycles. The number of nitrogens with zero attached hydrogens (tertiary/aromatic N) is 1. The third-order valence-electron chi connectivity index (χ3n) is 4.14. The Labute approximate surface area is 138 Å². The maximum absolute atomic E-state index is 11.8. The monoisotopic (exact) mass is 317 g/mol. The lowest BCUT2D eigenvalue weighted by Gasteiger charge is -2.15. The first-order valence-corrected chi connectivity index (χ1v) is 8.64. The standard InChI is InChI=1S/C19H27NO3/c1-3-4-5-8-16(21)12-11-15-13-18(19(22-2)14-20-15)23-17-9-6-7-10-17/h11-14,17H,3-10H2,1-2H3/b12-11+. The molecule has 1 aromatic rings. The van der Waals surface area contributed by atoms with Crippen LogP contribution in [0.15, 0.2) is 18.3 Å². The molecular formula is C19H27NO3. The molecule has 0 saturated heterocycles. The first kappa shape index (κ1) is 17.5. The Kier molecular flexibility index (Phi) is 7.11. The van der Waals surface area contributed by atoms with Gasteiger partial charge in [0.15, 0.2) is 17.3 Å². The van der Waals surface area contributed by atoms with E-state index in [0.29, 0.717) is 17.9 Å². The van der Waals surface area contributed by atoms with Gasteiger partial charge in [-0.1, -0.05) is 19.8 Å². The number of aromatic nitrogens is 1. The Balaban J connectivity index is 1.99. The zero-order chi connectivity index (χ0) is 16.5. The Morgan fingerprint density at radius 3 is 2.78 bits per heavy atom. The fraction of sp³-hybridized carbons (Fsp3) is 0.579. The molecule has 1 fully saturated rings. The summed E-state index contributed by atoms with van der Waals surface area (Å²) in [6, 6.07) is 1.85. The van der Waals surface area contributed by atoms with E-state index in [4.69, 9.17) is 9.47 Å². The number of allylic oxidation sites excluding steroid dienone is 1. The lowest BCUT2D eigenvalue weighted by molar-refractivity contribution is -0.114. The second-order valence-electron chi connectivity index (χ2n) is 6.04. The largest absolute Gasteiger partial charge is 0.491 e. The van der Waals surface area contributed by atoms with Gasteiger partial charge in [0.05, 0.1) is 25.1 Å². The molecule has 0 atom stereocenters. The van der Waals surface area contributed by atoms with Crippen LogP contribution in [0, 0.1) is 0 Å². The number of rotatable bonds is 9. The molecule has 4 nitrogen and oxygen atoms in total. The molecular weight excluding hydrogens is 290 g/mol. The number of ketones is 1. The number of hydrogen-bond acceptors (Lipinski definition) is 4. The molecule has 1 heterocycles. The van der Waals surface area contributed by atoms with Crippen LogP contribution in [0.5, 0.6) is 11.5 Å². The molecule has 0 aromatic carbocycles. The van der Waals surface area contributed by atoms with Crippen LogP contribution in [0.3, 0.4) is 0 Å². The lowest BCUT2D eigenvalue weighted by atomic mass is 10.1. The van der Waals surface area contributed by atoms with Crippen molar-refractivity contribution in [1.29, 1.82) is 0 Å². The number of unbranched alkanes of at least 4 members (excludes halogenated alkanes) is 2. The van der Waals surface area contributed by atoms with E-state index >= 15 is 0 Å². The maximum Gasteiger partial charge on any atom is 0.179 e.